The van der Waals surface area contributed by atoms with Gasteiger partial charge in [0.25, 0.3) is 11.8 Å². The van der Waals surface area contributed by atoms with Gasteiger partial charge in [0.15, 0.2) is 11.9 Å². The van der Waals surface area contributed by atoms with E-state index in [1.165, 1.54) is 15.9 Å². The van der Waals surface area contributed by atoms with Crippen molar-refractivity contribution in [2.75, 3.05) is 6.61 Å². The topological polar surface area (TPSA) is 238 Å². The van der Waals surface area contributed by atoms with E-state index in [2.05, 4.69) is 26.7 Å². The zero-order valence-electron chi connectivity index (χ0n) is 39.4. The molecule has 4 heterocycles. The van der Waals surface area contributed by atoms with Crippen LogP contribution in [-0.4, -0.2) is 79.3 Å². The number of nitrogens with two attached hydrogens (primary N) is 2. The molecule has 4 aliphatic heterocycles. The molecule has 4 aromatic rings. The second-order valence-electron chi connectivity index (χ2n) is 19.3. The number of guanidine groups is 2. The molecule has 0 saturated heterocycles. The second kappa shape index (κ2) is 18.1. The monoisotopic (exact) mass is 921 g/mol. The van der Waals surface area contributed by atoms with E-state index in [1.54, 1.807) is 50.2 Å². The standard InChI is InChI=1S/C52H59N9O7/c1-7-52(8-2)27-42(63)61(48(55)59-52)30-33-21-32(28-53)23-36(24-33)46(65)56-39-19-20-67-43-35(15-12-17-37(39)43)25-50(5)51(6,66)44(38-16-9-10-18-40(38)68-50)57-45(64)34-14-11-13-31(22-34)29-60-41(62)26-49(3,4)58-47(60)54/h9-18,21-24,39,44,66H,7-8,19-20,25-27,29-30H2,1-6H3,(H2,54,58)(H2,55,59)(H,56,65)(H,57,64)/t39-,44?,50?,51?/m0/s1. The molecular weight excluding hydrogens is 863 g/mol. The van der Waals surface area contributed by atoms with E-state index in [-0.39, 0.29) is 73.8 Å². The van der Waals surface area contributed by atoms with Crippen LogP contribution in [0, 0.1) is 11.3 Å². The van der Waals surface area contributed by atoms with Gasteiger partial charge in [0.05, 0.1) is 67.3 Å². The van der Waals surface area contributed by atoms with Gasteiger partial charge in [-0.1, -0.05) is 62.4 Å². The van der Waals surface area contributed by atoms with Crippen LogP contribution >= 0.6 is 0 Å². The van der Waals surface area contributed by atoms with E-state index in [0.717, 1.165) is 5.56 Å². The molecule has 0 bridgehead atoms. The van der Waals surface area contributed by atoms with Crippen molar-refractivity contribution in [1.29, 1.82) is 5.26 Å². The Hall–Kier alpha value is -7.25. The maximum atomic E-state index is 14.2. The Morgan fingerprint density at radius 3 is 2.16 bits per heavy atom. The first-order chi connectivity index (χ1) is 32.3. The molecule has 0 aliphatic carbocycles. The number of fused-ring (bicyclic) bond motifs is 2. The number of nitrogens with zero attached hydrogens (tertiary/aromatic N) is 5. The minimum atomic E-state index is -1.70. The lowest BCUT2D eigenvalue weighted by Gasteiger charge is -2.51. The number of aliphatic imine (C=N–C) groups is 2. The van der Waals surface area contributed by atoms with E-state index in [4.69, 9.17) is 20.9 Å². The number of nitrogens with one attached hydrogen (secondary N) is 2. The Labute approximate surface area is 396 Å². The highest BCUT2D eigenvalue weighted by molar-refractivity contribution is 6.00. The molecule has 4 aromatic carbocycles. The van der Waals surface area contributed by atoms with Crippen LogP contribution in [0.1, 0.15) is 140 Å². The Morgan fingerprint density at radius 2 is 1.46 bits per heavy atom. The lowest BCUT2D eigenvalue weighted by Crippen LogP contribution is -2.64. The summed E-state index contributed by atoms with van der Waals surface area (Å²) >= 11 is 0. The van der Waals surface area contributed by atoms with Crippen molar-refractivity contribution in [3.05, 3.63) is 129 Å². The average molecular weight is 922 g/mol. The SMILES string of the molecule is CCC1(CC)CC(=O)N(Cc2cc(C#N)cc(C(=O)N[C@H]3CCOc4c(CC5(C)Oc6ccccc6C(NC(=O)c6cccc(CN7C(=O)CC(C)(C)N=C7N)c6)C5(C)O)cccc43)c2)C(N)=N1. The van der Waals surface area contributed by atoms with Gasteiger partial charge in [-0.2, -0.15) is 5.26 Å². The van der Waals surface area contributed by atoms with Crippen LogP contribution in [0.15, 0.2) is 94.9 Å². The summed E-state index contributed by atoms with van der Waals surface area (Å²) in [6.07, 6.45) is 2.38. The first-order valence-electron chi connectivity index (χ1n) is 23.1. The van der Waals surface area contributed by atoms with Gasteiger partial charge in [-0.05, 0) is 93.6 Å². The van der Waals surface area contributed by atoms with Crippen LogP contribution < -0.4 is 31.6 Å². The number of ether oxygens (including phenoxy) is 2. The van der Waals surface area contributed by atoms with Gasteiger partial charge < -0.3 is 36.7 Å². The van der Waals surface area contributed by atoms with Gasteiger partial charge in [0.1, 0.15) is 22.7 Å². The largest absolute Gasteiger partial charge is 0.493 e. The summed E-state index contributed by atoms with van der Waals surface area (Å²) in [7, 11) is 0. The molecule has 8 rings (SSSR count). The highest BCUT2D eigenvalue weighted by Crippen LogP contribution is 2.49. The average Bonchev–Trinajstić information content (AvgIpc) is 3.30. The highest BCUT2D eigenvalue weighted by Gasteiger charge is 2.56. The molecule has 7 N–H and O–H groups in total. The molecule has 0 saturated carbocycles. The van der Waals surface area contributed by atoms with Gasteiger partial charge in [-0.3, -0.25) is 29.0 Å². The molecule has 4 aliphatic rings. The Bertz CT molecular complexity index is 2790. The fraction of sp³-hybridized carbons (Fsp3) is 0.404. The third kappa shape index (κ3) is 9.10. The molecule has 68 heavy (non-hydrogen) atoms. The van der Waals surface area contributed by atoms with Gasteiger partial charge in [-0.15, -0.1) is 0 Å². The van der Waals surface area contributed by atoms with Crippen LogP contribution in [0.5, 0.6) is 11.5 Å². The Kier molecular flexibility index (Phi) is 12.6. The van der Waals surface area contributed by atoms with Gasteiger partial charge in [0, 0.05) is 35.1 Å². The van der Waals surface area contributed by atoms with Crippen LogP contribution in [-0.2, 0) is 29.1 Å². The lowest BCUT2D eigenvalue weighted by atomic mass is 9.71. The van der Waals surface area contributed by atoms with Crippen LogP contribution in [0.3, 0.4) is 0 Å². The first-order valence-corrected chi connectivity index (χ1v) is 23.1. The van der Waals surface area contributed by atoms with E-state index in [1.807, 2.05) is 70.2 Å². The number of amides is 4. The maximum absolute atomic E-state index is 14.2. The summed E-state index contributed by atoms with van der Waals surface area (Å²) in [4.78, 5) is 66.5. The zero-order chi connectivity index (χ0) is 48.8. The highest BCUT2D eigenvalue weighted by atomic mass is 16.5. The molecule has 0 radical (unpaired) electrons. The summed E-state index contributed by atoms with van der Waals surface area (Å²) in [5.74, 6) is 0.0934. The molecular formula is C52H59N9O7. The Balaban J connectivity index is 1.01. The summed E-state index contributed by atoms with van der Waals surface area (Å²) < 4.78 is 13.0. The lowest BCUT2D eigenvalue weighted by molar-refractivity contribution is -0.146. The van der Waals surface area contributed by atoms with Crippen molar-refractivity contribution in [3.8, 4) is 17.6 Å². The van der Waals surface area contributed by atoms with E-state index >= 15 is 0 Å². The van der Waals surface area contributed by atoms with Gasteiger partial charge in [-0.25, -0.2) is 9.98 Å². The van der Waals surface area contributed by atoms with Crippen molar-refractivity contribution in [2.24, 2.45) is 21.5 Å². The van der Waals surface area contributed by atoms with Crippen molar-refractivity contribution in [3.63, 3.8) is 0 Å². The summed E-state index contributed by atoms with van der Waals surface area (Å²) in [5.41, 5.74) is 12.5. The number of carbonyl (C=O) groups is 4. The fourth-order valence-corrected chi connectivity index (χ4v) is 9.80. The third-order valence-electron chi connectivity index (χ3n) is 14.0. The summed E-state index contributed by atoms with van der Waals surface area (Å²) in [6, 6.07) is 25.4. The van der Waals surface area contributed by atoms with Crippen molar-refractivity contribution >= 4 is 35.5 Å². The molecule has 0 spiro atoms. The van der Waals surface area contributed by atoms with Gasteiger partial charge in [0.2, 0.25) is 11.8 Å². The van der Waals surface area contributed by atoms with Crippen molar-refractivity contribution < 1.29 is 33.8 Å². The molecule has 354 valence electrons. The quantitative estimate of drug-likeness (QED) is 0.113. The normalized spacial score (nSPS) is 23.7. The van der Waals surface area contributed by atoms with Crippen LogP contribution in [0.25, 0.3) is 0 Å². The molecule has 16 heteroatoms. The number of carbonyl (C=O) groups excluding carboxylic acids is 4. The van der Waals surface area contributed by atoms with E-state index < -0.39 is 46.2 Å². The molecule has 0 aromatic heterocycles. The van der Waals surface area contributed by atoms with Crippen molar-refractivity contribution in [2.45, 2.75) is 128 Å². The summed E-state index contributed by atoms with van der Waals surface area (Å²) in [5, 5.41) is 28.9. The van der Waals surface area contributed by atoms with E-state index in [0.29, 0.717) is 58.6 Å². The number of hydrogen-bond donors (Lipinski definition) is 5. The van der Waals surface area contributed by atoms with E-state index in [9.17, 15) is 29.5 Å². The molecule has 16 nitrogen and oxygen atoms in total. The summed E-state index contributed by atoms with van der Waals surface area (Å²) in [6.45, 7) is 11.6. The second-order valence-corrected chi connectivity index (χ2v) is 19.3. The predicted molar refractivity (Wildman–Crippen MR) is 255 cm³/mol. The van der Waals surface area contributed by atoms with Crippen molar-refractivity contribution in [1.82, 2.24) is 20.4 Å². The number of nitriles is 1. The third-order valence-corrected chi connectivity index (χ3v) is 14.0. The first kappa shape index (κ1) is 47.3. The minimum absolute atomic E-state index is 0.0522. The number of rotatable bonds is 12. The molecule has 0 fully saturated rings. The Morgan fingerprint density at radius 1 is 0.809 bits per heavy atom. The number of hydrogen-bond acceptors (Lipinski definition) is 12. The molecule has 4 amide bonds. The zero-order valence-corrected chi connectivity index (χ0v) is 39.4. The minimum Gasteiger partial charge on any atom is -0.493 e. The molecule has 4 atom stereocenters. The fourth-order valence-electron chi connectivity index (χ4n) is 9.80. The number of benzene rings is 4. The number of para-hydroxylation sites is 2. The smallest absolute Gasteiger partial charge is 0.251 e. The predicted octanol–water partition coefficient (Wildman–Crippen LogP) is 5.86. The molecule has 3 unspecified atom stereocenters. The van der Waals surface area contributed by atoms with Crippen LogP contribution in [0.4, 0.5) is 0 Å². The van der Waals surface area contributed by atoms with Gasteiger partial charge >= 0.3 is 0 Å². The van der Waals surface area contributed by atoms with Crippen LogP contribution in [0.2, 0.25) is 0 Å². The maximum Gasteiger partial charge on any atom is 0.251 e. The number of aliphatic hydroxyl groups is 1.